The Labute approximate surface area is 150 Å². The van der Waals surface area contributed by atoms with Crippen LogP contribution in [-0.2, 0) is 24.4 Å². The van der Waals surface area contributed by atoms with Gasteiger partial charge in [-0.1, -0.05) is 36.9 Å². The van der Waals surface area contributed by atoms with Gasteiger partial charge in [0.25, 0.3) is 5.91 Å². The lowest BCUT2D eigenvalue weighted by atomic mass is 10.1. The summed E-state index contributed by atoms with van der Waals surface area (Å²) in [5.41, 5.74) is 2.55. The van der Waals surface area contributed by atoms with Crippen LogP contribution in [0.3, 0.4) is 0 Å². The van der Waals surface area contributed by atoms with E-state index in [1.807, 2.05) is 37.4 Å². The summed E-state index contributed by atoms with van der Waals surface area (Å²) in [5, 5.41) is 3.96. The lowest BCUT2D eigenvalue weighted by Gasteiger charge is -2.25. The normalized spacial score (nSPS) is 16.7. The number of thioether (sulfide) groups is 1. The fourth-order valence-corrected chi connectivity index (χ4v) is 4.38. The molecule has 7 heteroatoms. The van der Waals surface area contributed by atoms with Gasteiger partial charge in [-0.25, -0.2) is 4.98 Å². The van der Waals surface area contributed by atoms with Crippen molar-refractivity contribution in [2.45, 2.75) is 44.2 Å². The average molecular weight is 356 g/mol. The van der Waals surface area contributed by atoms with Crippen LogP contribution < -0.4 is 5.32 Å². The first-order chi connectivity index (χ1) is 12.2. The highest BCUT2D eigenvalue weighted by atomic mass is 32.2. The Balaban J connectivity index is 1.42. The minimum absolute atomic E-state index is 0.0602. The van der Waals surface area contributed by atoms with Gasteiger partial charge in [0.05, 0.1) is 12.2 Å². The number of carbonyl (C=O) groups excluding carboxylic acids is 2. The van der Waals surface area contributed by atoms with Crippen molar-refractivity contribution in [1.82, 2.24) is 19.8 Å². The van der Waals surface area contributed by atoms with E-state index >= 15 is 0 Å². The molecule has 0 radical (unpaired) electrons. The third-order valence-electron chi connectivity index (χ3n) is 4.71. The van der Waals surface area contributed by atoms with E-state index in [9.17, 15) is 9.59 Å². The van der Waals surface area contributed by atoms with Crippen LogP contribution >= 0.6 is 11.8 Å². The minimum atomic E-state index is -0.455. The molecule has 6 nitrogen and oxygen atoms in total. The number of fused-ring (bicyclic) bond motifs is 2. The molecule has 3 heterocycles. The van der Waals surface area contributed by atoms with Crippen LogP contribution in [0.4, 0.5) is 0 Å². The van der Waals surface area contributed by atoms with Gasteiger partial charge in [0.1, 0.15) is 6.04 Å². The highest BCUT2D eigenvalue weighted by Gasteiger charge is 2.35. The van der Waals surface area contributed by atoms with Crippen LogP contribution in [0.25, 0.3) is 0 Å². The maximum absolute atomic E-state index is 12.7. The summed E-state index contributed by atoms with van der Waals surface area (Å²) in [7, 11) is 0. The maximum atomic E-state index is 12.7. The topological polar surface area (TPSA) is 67.2 Å². The fraction of sp³-hybridized carbons (Fsp3) is 0.389. The molecule has 0 spiro atoms. The molecular weight excluding hydrogens is 336 g/mol. The number of rotatable bonds is 5. The summed E-state index contributed by atoms with van der Waals surface area (Å²) in [5.74, 6) is 0.879. The van der Waals surface area contributed by atoms with Gasteiger partial charge < -0.3 is 14.8 Å². The van der Waals surface area contributed by atoms with Gasteiger partial charge in [-0.05, 0) is 18.1 Å². The van der Waals surface area contributed by atoms with E-state index in [1.54, 1.807) is 16.7 Å². The second-order valence-electron chi connectivity index (χ2n) is 6.29. The van der Waals surface area contributed by atoms with Crippen molar-refractivity contribution in [2.75, 3.05) is 5.75 Å². The second-order valence-corrected chi connectivity index (χ2v) is 7.35. The number of amides is 2. The minimum Gasteiger partial charge on any atom is -0.349 e. The first kappa shape index (κ1) is 16.2. The van der Waals surface area contributed by atoms with Crippen molar-refractivity contribution < 1.29 is 9.59 Å². The van der Waals surface area contributed by atoms with Crippen molar-refractivity contribution in [3.8, 4) is 0 Å². The quantitative estimate of drug-likeness (QED) is 0.890. The Bertz CT molecular complexity index is 811. The van der Waals surface area contributed by atoms with Crippen LogP contribution in [-0.4, -0.2) is 38.1 Å². The third kappa shape index (κ3) is 2.93. The predicted octanol–water partition coefficient (Wildman–Crippen LogP) is 2.04. The van der Waals surface area contributed by atoms with Crippen molar-refractivity contribution in [3.05, 3.63) is 47.3 Å². The molecule has 25 heavy (non-hydrogen) atoms. The Kier molecular flexibility index (Phi) is 4.25. The number of aromatic nitrogens is 2. The first-order valence-electron chi connectivity index (χ1n) is 8.53. The monoisotopic (exact) mass is 356 g/mol. The lowest BCUT2D eigenvalue weighted by Crippen LogP contribution is -2.46. The second kappa shape index (κ2) is 6.55. The molecule has 4 rings (SSSR count). The Hall–Kier alpha value is -2.28. The highest BCUT2D eigenvalue weighted by Crippen LogP contribution is 2.26. The number of imidazole rings is 1. The van der Waals surface area contributed by atoms with Gasteiger partial charge >= 0.3 is 0 Å². The molecule has 130 valence electrons. The highest BCUT2D eigenvalue weighted by molar-refractivity contribution is 7.99. The first-order valence-corrected chi connectivity index (χ1v) is 9.51. The molecule has 1 N–H and O–H groups in total. The van der Waals surface area contributed by atoms with Crippen molar-refractivity contribution in [2.24, 2.45) is 0 Å². The molecule has 0 aliphatic carbocycles. The van der Waals surface area contributed by atoms with E-state index in [-0.39, 0.29) is 11.8 Å². The number of aryl methyl sites for hydroxylation is 1. The molecule has 0 saturated heterocycles. The number of nitrogens with zero attached hydrogens (tertiary/aromatic N) is 3. The molecule has 1 atom stereocenters. The third-order valence-corrected chi connectivity index (χ3v) is 5.68. The number of hydrogen-bond donors (Lipinski definition) is 1. The summed E-state index contributed by atoms with van der Waals surface area (Å²) in [4.78, 5) is 31.5. The van der Waals surface area contributed by atoms with Crippen LogP contribution in [0.15, 0.2) is 35.6 Å². The van der Waals surface area contributed by atoms with E-state index in [4.69, 9.17) is 0 Å². The van der Waals surface area contributed by atoms with E-state index < -0.39 is 6.04 Å². The molecule has 1 aromatic carbocycles. The molecule has 0 bridgehead atoms. The number of hydrogen-bond acceptors (Lipinski definition) is 4. The van der Waals surface area contributed by atoms with Gasteiger partial charge in [-0.2, -0.15) is 0 Å². The van der Waals surface area contributed by atoms with Crippen molar-refractivity contribution >= 4 is 23.6 Å². The zero-order valence-electron chi connectivity index (χ0n) is 14.1. The molecule has 2 amide bonds. The summed E-state index contributed by atoms with van der Waals surface area (Å²) in [6.07, 6.45) is 2.58. The van der Waals surface area contributed by atoms with Gasteiger partial charge in [0.15, 0.2) is 5.16 Å². The molecule has 0 fully saturated rings. The predicted molar refractivity (Wildman–Crippen MR) is 95.2 cm³/mol. The molecule has 2 aliphatic rings. The smallest absolute Gasteiger partial charge is 0.255 e. The molecule has 2 aromatic rings. The molecule has 1 aromatic heterocycles. The standard InChI is InChI=1S/C18H20N4O2S/c1-2-15(22-10-12-5-3-4-6-14(12)17(22)24)16(23)19-9-13-11-21-7-8-25-18(21)20-13/h3-6,11,15H,2,7-10H2,1H3,(H,19,23)/t15-/m0/s1. The SMILES string of the molecule is CC[C@@H](C(=O)NCc1cn2c(n1)SCC2)N1Cc2ccccc2C1=O. The fourth-order valence-electron chi connectivity index (χ4n) is 3.42. The van der Waals surface area contributed by atoms with E-state index in [0.29, 0.717) is 25.1 Å². The number of carbonyl (C=O) groups is 2. The van der Waals surface area contributed by atoms with E-state index in [2.05, 4.69) is 14.9 Å². The van der Waals surface area contributed by atoms with Crippen LogP contribution in [0, 0.1) is 0 Å². The molecule has 2 aliphatic heterocycles. The molecular formula is C18H20N4O2S. The summed E-state index contributed by atoms with van der Waals surface area (Å²) < 4.78 is 2.12. The van der Waals surface area contributed by atoms with Crippen molar-refractivity contribution in [1.29, 1.82) is 0 Å². The Morgan fingerprint density at radius 2 is 2.24 bits per heavy atom. The number of nitrogens with one attached hydrogen (secondary N) is 1. The molecule has 0 unspecified atom stereocenters. The Morgan fingerprint density at radius 3 is 3.00 bits per heavy atom. The van der Waals surface area contributed by atoms with E-state index in [0.717, 1.165) is 28.7 Å². The van der Waals surface area contributed by atoms with Crippen molar-refractivity contribution in [3.63, 3.8) is 0 Å². The van der Waals surface area contributed by atoms with Gasteiger partial charge in [-0.15, -0.1) is 0 Å². The zero-order chi connectivity index (χ0) is 17.4. The Morgan fingerprint density at radius 1 is 1.40 bits per heavy atom. The van der Waals surface area contributed by atoms with Crippen LogP contribution in [0.1, 0.15) is 35.0 Å². The average Bonchev–Trinajstić information content (AvgIpc) is 3.28. The van der Waals surface area contributed by atoms with Crippen LogP contribution in [0.2, 0.25) is 0 Å². The number of benzene rings is 1. The van der Waals surface area contributed by atoms with Gasteiger partial charge in [0, 0.05) is 30.6 Å². The largest absolute Gasteiger partial charge is 0.349 e. The maximum Gasteiger partial charge on any atom is 0.255 e. The lowest BCUT2D eigenvalue weighted by molar-refractivity contribution is -0.126. The van der Waals surface area contributed by atoms with E-state index in [1.165, 1.54) is 0 Å². The summed E-state index contributed by atoms with van der Waals surface area (Å²) in [6.45, 7) is 3.79. The van der Waals surface area contributed by atoms with Crippen LogP contribution in [0.5, 0.6) is 0 Å². The van der Waals surface area contributed by atoms with Gasteiger partial charge in [0.2, 0.25) is 5.91 Å². The zero-order valence-corrected chi connectivity index (χ0v) is 14.9. The summed E-state index contributed by atoms with van der Waals surface area (Å²) >= 11 is 1.73. The summed E-state index contributed by atoms with van der Waals surface area (Å²) in [6, 6.07) is 7.10. The molecule has 0 saturated carbocycles. The van der Waals surface area contributed by atoms with Gasteiger partial charge in [-0.3, -0.25) is 9.59 Å².